The minimum Gasteiger partial charge on any atom is -0.479 e. The van der Waals surface area contributed by atoms with Crippen LogP contribution in [0.5, 0.6) is 0 Å². The molecule has 0 aromatic heterocycles. The molecule has 0 heterocycles. The first kappa shape index (κ1) is 16.9. The molecule has 1 aromatic carbocycles. The van der Waals surface area contributed by atoms with Gasteiger partial charge >= 0.3 is 12.0 Å². The van der Waals surface area contributed by atoms with E-state index in [2.05, 4.69) is 26.6 Å². The topological polar surface area (TPSA) is 142 Å². The predicted molar refractivity (Wildman–Crippen MR) is 76.1 cm³/mol. The van der Waals surface area contributed by atoms with Crippen molar-refractivity contribution in [2.24, 2.45) is 0 Å². The molecule has 0 spiro atoms. The van der Waals surface area contributed by atoms with E-state index in [1.165, 1.54) is 12.1 Å². The normalized spacial score (nSPS) is 13.1. The van der Waals surface area contributed by atoms with Gasteiger partial charge in [0.2, 0.25) is 0 Å². The van der Waals surface area contributed by atoms with Crippen LogP contribution in [0, 0.1) is 10.1 Å². The van der Waals surface area contributed by atoms with Gasteiger partial charge in [-0.3, -0.25) is 10.1 Å². The number of anilines is 1. The summed E-state index contributed by atoms with van der Waals surface area (Å²) < 4.78 is 0.410. The van der Waals surface area contributed by atoms with Gasteiger partial charge in [-0.1, -0.05) is 0 Å². The van der Waals surface area contributed by atoms with E-state index in [0.29, 0.717) is 4.47 Å². The fraction of sp³-hybridized carbons (Fsp3) is 0.273. The number of aliphatic carboxylic acids is 1. The highest BCUT2D eigenvalue weighted by Crippen LogP contribution is 2.26. The fourth-order valence-corrected chi connectivity index (χ4v) is 1.56. The lowest BCUT2D eigenvalue weighted by atomic mass is 10.1. The minimum absolute atomic E-state index is 0.136. The van der Waals surface area contributed by atoms with Gasteiger partial charge in [0.15, 0.2) is 5.60 Å². The van der Waals surface area contributed by atoms with E-state index in [9.17, 15) is 24.8 Å². The fourth-order valence-electron chi connectivity index (χ4n) is 1.22. The Kier molecular flexibility index (Phi) is 5.22. The zero-order valence-corrected chi connectivity index (χ0v) is 12.4. The number of nitro groups is 1. The van der Waals surface area contributed by atoms with E-state index in [1.807, 2.05) is 0 Å². The van der Waals surface area contributed by atoms with Crippen molar-refractivity contribution in [2.45, 2.75) is 12.5 Å². The number of aliphatic hydroxyl groups is 1. The minimum atomic E-state index is -2.11. The SMILES string of the molecule is CC(O)(CNC(=O)Nc1cc([N+](=O)[O-])ccc1Br)C(=O)O. The lowest BCUT2D eigenvalue weighted by Crippen LogP contribution is -2.47. The van der Waals surface area contributed by atoms with Crippen molar-refractivity contribution in [1.82, 2.24) is 5.32 Å². The molecule has 0 saturated heterocycles. The number of nitro benzene ring substituents is 1. The van der Waals surface area contributed by atoms with E-state index in [4.69, 9.17) is 5.11 Å². The third kappa shape index (κ3) is 4.68. The zero-order chi connectivity index (χ0) is 16.2. The van der Waals surface area contributed by atoms with Gasteiger partial charge < -0.3 is 20.8 Å². The van der Waals surface area contributed by atoms with Crippen molar-refractivity contribution in [3.05, 3.63) is 32.8 Å². The summed E-state index contributed by atoms with van der Waals surface area (Å²) in [4.78, 5) is 32.3. The van der Waals surface area contributed by atoms with Crippen LogP contribution in [-0.4, -0.2) is 39.3 Å². The molecule has 0 aliphatic rings. The summed E-state index contributed by atoms with van der Waals surface area (Å²) in [6, 6.07) is 2.97. The summed E-state index contributed by atoms with van der Waals surface area (Å²) in [5, 5.41) is 33.2. The van der Waals surface area contributed by atoms with E-state index in [1.54, 1.807) is 0 Å². The number of carbonyl (C=O) groups excluding carboxylic acids is 1. The van der Waals surface area contributed by atoms with Crippen LogP contribution in [-0.2, 0) is 4.79 Å². The molecule has 21 heavy (non-hydrogen) atoms. The van der Waals surface area contributed by atoms with Crippen molar-refractivity contribution in [1.29, 1.82) is 0 Å². The number of carbonyl (C=O) groups is 2. The van der Waals surface area contributed by atoms with Gasteiger partial charge in [-0.25, -0.2) is 9.59 Å². The Hall–Kier alpha value is -2.20. The van der Waals surface area contributed by atoms with Gasteiger partial charge in [0.05, 0.1) is 17.2 Å². The molecule has 0 fully saturated rings. The van der Waals surface area contributed by atoms with Crippen molar-refractivity contribution in [3.8, 4) is 0 Å². The number of nitrogens with zero attached hydrogens (tertiary/aromatic N) is 1. The molecule has 1 atom stereocenters. The average Bonchev–Trinajstić information content (AvgIpc) is 2.38. The summed E-state index contributed by atoms with van der Waals surface area (Å²) in [5.41, 5.74) is -2.19. The number of carboxylic acid groups (broad SMARTS) is 1. The molecule has 10 heteroatoms. The highest BCUT2D eigenvalue weighted by molar-refractivity contribution is 9.10. The Morgan fingerprint density at radius 1 is 1.48 bits per heavy atom. The third-order valence-electron chi connectivity index (χ3n) is 2.46. The molecule has 4 N–H and O–H groups in total. The lowest BCUT2D eigenvalue weighted by Gasteiger charge is -2.18. The van der Waals surface area contributed by atoms with Gasteiger partial charge in [0.1, 0.15) is 0 Å². The highest BCUT2D eigenvalue weighted by Gasteiger charge is 2.30. The number of nitrogens with one attached hydrogen (secondary N) is 2. The monoisotopic (exact) mass is 361 g/mol. The summed E-state index contributed by atoms with van der Waals surface area (Å²) in [5.74, 6) is -1.49. The van der Waals surface area contributed by atoms with Crippen LogP contribution in [0.3, 0.4) is 0 Å². The van der Waals surface area contributed by atoms with E-state index < -0.39 is 29.1 Å². The summed E-state index contributed by atoms with van der Waals surface area (Å²) >= 11 is 3.11. The molecule has 0 radical (unpaired) electrons. The van der Waals surface area contributed by atoms with Crippen LogP contribution in [0.4, 0.5) is 16.2 Å². The molecule has 2 amide bonds. The van der Waals surface area contributed by atoms with Gasteiger partial charge in [0.25, 0.3) is 5.69 Å². The largest absolute Gasteiger partial charge is 0.479 e. The molecular formula is C11H12BrN3O6. The van der Waals surface area contributed by atoms with Crippen LogP contribution in [0.15, 0.2) is 22.7 Å². The first-order valence-corrected chi connectivity index (χ1v) is 6.37. The molecule has 9 nitrogen and oxygen atoms in total. The first-order valence-electron chi connectivity index (χ1n) is 5.58. The zero-order valence-electron chi connectivity index (χ0n) is 10.8. The Morgan fingerprint density at radius 2 is 2.10 bits per heavy atom. The highest BCUT2D eigenvalue weighted by atomic mass is 79.9. The van der Waals surface area contributed by atoms with E-state index >= 15 is 0 Å². The van der Waals surface area contributed by atoms with Crippen molar-refractivity contribution < 1.29 is 24.7 Å². The number of urea groups is 1. The Bertz CT molecular complexity index is 589. The molecule has 1 unspecified atom stereocenters. The van der Waals surface area contributed by atoms with Gasteiger partial charge in [-0.05, 0) is 28.9 Å². The Morgan fingerprint density at radius 3 is 2.62 bits per heavy atom. The number of carboxylic acids is 1. The van der Waals surface area contributed by atoms with Gasteiger partial charge in [-0.2, -0.15) is 0 Å². The predicted octanol–water partition coefficient (Wildman–Crippen LogP) is 1.31. The molecule has 1 rings (SSSR count). The maximum atomic E-state index is 11.6. The van der Waals surface area contributed by atoms with Crippen molar-refractivity contribution in [2.75, 3.05) is 11.9 Å². The smallest absolute Gasteiger partial charge is 0.337 e. The van der Waals surface area contributed by atoms with Crippen molar-refractivity contribution >= 4 is 39.3 Å². The lowest BCUT2D eigenvalue weighted by molar-refractivity contribution is -0.384. The summed E-state index contributed by atoms with van der Waals surface area (Å²) in [6.07, 6.45) is 0. The molecular weight excluding hydrogens is 350 g/mol. The van der Waals surface area contributed by atoms with E-state index in [0.717, 1.165) is 13.0 Å². The van der Waals surface area contributed by atoms with Crippen molar-refractivity contribution in [3.63, 3.8) is 0 Å². The maximum absolute atomic E-state index is 11.6. The number of rotatable bonds is 5. The standard InChI is InChI=1S/C11H12BrN3O6/c1-11(19,9(16)17)5-13-10(18)14-8-4-6(15(20)21)2-3-7(8)12/h2-4,19H,5H2,1H3,(H,16,17)(H2,13,14,18). The third-order valence-corrected chi connectivity index (χ3v) is 3.15. The molecule has 0 bridgehead atoms. The summed E-state index contributed by atoms with van der Waals surface area (Å²) in [6.45, 7) is 0.500. The molecule has 1 aromatic rings. The molecule has 0 aliphatic carbocycles. The second-order valence-electron chi connectivity index (χ2n) is 4.31. The van der Waals surface area contributed by atoms with E-state index in [-0.39, 0.29) is 11.4 Å². The number of hydrogen-bond donors (Lipinski definition) is 4. The van der Waals surface area contributed by atoms with Gasteiger partial charge in [0, 0.05) is 16.6 Å². The quantitative estimate of drug-likeness (QED) is 0.460. The van der Waals surface area contributed by atoms with Crippen LogP contribution >= 0.6 is 15.9 Å². The Labute approximate surface area is 127 Å². The molecule has 0 saturated carbocycles. The van der Waals surface area contributed by atoms with Crippen LogP contribution in [0.2, 0.25) is 0 Å². The molecule has 0 aliphatic heterocycles. The Balaban J connectivity index is 2.73. The van der Waals surface area contributed by atoms with Gasteiger partial charge in [-0.15, -0.1) is 0 Å². The van der Waals surface area contributed by atoms with Crippen LogP contribution in [0.25, 0.3) is 0 Å². The number of non-ortho nitro benzene ring substituents is 1. The number of halogens is 1. The average molecular weight is 362 g/mol. The second-order valence-corrected chi connectivity index (χ2v) is 5.16. The van der Waals surface area contributed by atoms with Crippen LogP contribution < -0.4 is 10.6 Å². The number of hydrogen-bond acceptors (Lipinski definition) is 5. The second kappa shape index (κ2) is 6.50. The maximum Gasteiger partial charge on any atom is 0.337 e. The van der Waals surface area contributed by atoms with Crippen LogP contribution in [0.1, 0.15) is 6.92 Å². The first-order chi connectivity index (χ1) is 9.63. The molecule has 114 valence electrons. The summed E-state index contributed by atoms with van der Waals surface area (Å²) in [7, 11) is 0. The number of benzene rings is 1. The number of amides is 2.